The maximum atomic E-state index is 12.1. The Morgan fingerprint density at radius 1 is 1.17 bits per heavy atom. The van der Waals surface area contributed by atoms with Gasteiger partial charge in [0.15, 0.2) is 33.6 Å². The lowest BCUT2D eigenvalue weighted by atomic mass is 10.0. The van der Waals surface area contributed by atoms with Crippen molar-refractivity contribution in [3.05, 3.63) is 47.9 Å². The molecule has 1 N–H and O–H groups in total. The van der Waals surface area contributed by atoms with Crippen molar-refractivity contribution >= 4 is 33.5 Å². The number of carbonyl (C=O) groups is 1. The highest BCUT2D eigenvalue weighted by atomic mass is 32.2. The van der Waals surface area contributed by atoms with Crippen molar-refractivity contribution in [2.75, 3.05) is 17.7 Å². The normalized spacial score (nSPS) is 18.9. The minimum absolute atomic E-state index is 0.0133. The number of hydrogen-bond donors (Lipinski definition) is 1. The molecule has 12 nitrogen and oxygen atoms in total. The fourth-order valence-electron chi connectivity index (χ4n) is 5.26. The summed E-state index contributed by atoms with van der Waals surface area (Å²) in [5, 5.41) is 12.7. The molecule has 5 rings (SSSR count). The quantitative estimate of drug-likeness (QED) is 0.210. The number of amidine groups is 1. The Hall–Kier alpha value is -4.31. The van der Waals surface area contributed by atoms with Gasteiger partial charge in [-0.3, -0.25) is 9.78 Å². The molecule has 0 aromatic carbocycles. The topological polar surface area (TPSA) is 167 Å². The summed E-state index contributed by atoms with van der Waals surface area (Å²) in [6, 6.07) is 5.46. The number of aryl methyl sites for hydroxylation is 1. The highest BCUT2D eigenvalue weighted by Gasteiger charge is 2.34. The Kier molecular flexibility index (Phi) is 8.54. The van der Waals surface area contributed by atoms with Gasteiger partial charge in [-0.15, -0.1) is 0 Å². The summed E-state index contributed by atoms with van der Waals surface area (Å²) in [6.45, 7) is 3.64. The predicted octanol–water partition coefficient (Wildman–Crippen LogP) is 3.46. The molecule has 2 fully saturated rings. The Morgan fingerprint density at radius 2 is 1.98 bits per heavy atom. The average Bonchev–Trinajstić information content (AvgIpc) is 3.75. The standard InChI is InChI=1S/C29H33N9O3S/c1-4-42(40,41)22-11-10-21(31-14-22)13-32-25(16-39)36-23-15-33-28(26-18(2)34-17-35-27(26)19-8-9-19)37-29(23)38(3)24-7-5-6-20(24)12-30/h10-11,14-17,19-20,24H,4-9,13H2,1-3H3,(H,32,36)/t20-,24-/m0/s1. The second kappa shape index (κ2) is 12.3. The van der Waals surface area contributed by atoms with Gasteiger partial charge in [0.2, 0.25) is 0 Å². The number of nitriles is 1. The molecule has 0 spiro atoms. The van der Waals surface area contributed by atoms with Crippen molar-refractivity contribution in [1.82, 2.24) is 30.2 Å². The average molecular weight is 588 g/mol. The van der Waals surface area contributed by atoms with E-state index >= 15 is 0 Å². The number of aliphatic imine (C=N–C) groups is 1. The zero-order chi connectivity index (χ0) is 29.9. The predicted molar refractivity (Wildman–Crippen MR) is 157 cm³/mol. The van der Waals surface area contributed by atoms with Gasteiger partial charge in [0.25, 0.3) is 0 Å². The van der Waals surface area contributed by atoms with Crippen LogP contribution < -0.4 is 10.2 Å². The first-order valence-corrected chi connectivity index (χ1v) is 15.7. The first-order chi connectivity index (χ1) is 20.2. The van der Waals surface area contributed by atoms with Crippen molar-refractivity contribution < 1.29 is 13.2 Å². The van der Waals surface area contributed by atoms with Crippen molar-refractivity contribution in [2.24, 2.45) is 10.9 Å². The van der Waals surface area contributed by atoms with Crippen molar-refractivity contribution in [3.8, 4) is 17.5 Å². The van der Waals surface area contributed by atoms with Gasteiger partial charge < -0.3 is 10.2 Å². The number of carbonyl (C=O) groups excluding carboxylic acids is 1. The largest absolute Gasteiger partial charge is 0.362 e. The van der Waals surface area contributed by atoms with E-state index in [1.165, 1.54) is 12.3 Å². The molecular weight excluding hydrogens is 554 g/mol. The van der Waals surface area contributed by atoms with Crippen LogP contribution in [0.2, 0.25) is 0 Å². The lowest BCUT2D eigenvalue weighted by Crippen LogP contribution is -2.35. The molecule has 0 saturated heterocycles. The number of aromatic nitrogens is 5. The van der Waals surface area contributed by atoms with E-state index < -0.39 is 9.84 Å². The third-order valence-electron chi connectivity index (χ3n) is 7.82. The lowest BCUT2D eigenvalue weighted by molar-refractivity contribution is -0.102. The molecule has 0 unspecified atom stereocenters. The molecule has 3 heterocycles. The third-order valence-corrected chi connectivity index (χ3v) is 9.54. The molecule has 3 aromatic heterocycles. The van der Waals surface area contributed by atoms with E-state index in [9.17, 15) is 18.5 Å². The highest BCUT2D eigenvalue weighted by molar-refractivity contribution is 7.91. The van der Waals surface area contributed by atoms with Gasteiger partial charge in [-0.05, 0) is 51.2 Å². The molecule has 2 aliphatic rings. The zero-order valence-electron chi connectivity index (χ0n) is 23.9. The maximum Gasteiger partial charge on any atom is 0.185 e. The Bertz CT molecular complexity index is 1650. The first kappa shape index (κ1) is 29.2. The van der Waals surface area contributed by atoms with Gasteiger partial charge in [-0.2, -0.15) is 5.26 Å². The summed E-state index contributed by atoms with van der Waals surface area (Å²) >= 11 is 0. The highest BCUT2D eigenvalue weighted by Crippen LogP contribution is 2.44. The van der Waals surface area contributed by atoms with Crippen molar-refractivity contribution in [3.63, 3.8) is 0 Å². The number of sulfone groups is 1. The summed E-state index contributed by atoms with van der Waals surface area (Å²) < 4.78 is 24.2. The lowest BCUT2D eigenvalue weighted by Gasteiger charge is -2.29. The summed E-state index contributed by atoms with van der Waals surface area (Å²) in [6.07, 6.45) is 9.78. The van der Waals surface area contributed by atoms with E-state index in [4.69, 9.17) is 4.98 Å². The van der Waals surface area contributed by atoms with E-state index in [-0.39, 0.29) is 35.0 Å². The van der Waals surface area contributed by atoms with Gasteiger partial charge in [-0.1, -0.05) is 6.92 Å². The molecule has 0 bridgehead atoms. The van der Waals surface area contributed by atoms with Crippen molar-refractivity contribution in [2.45, 2.75) is 69.4 Å². The minimum Gasteiger partial charge on any atom is -0.362 e. The molecule has 0 aliphatic heterocycles. The smallest absolute Gasteiger partial charge is 0.185 e. The van der Waals surface area contributed by atoms with E-state index in [1.807, 2.05) is 18.9 Å². The van der Waals surface area contributed by atoms with E-state index in [0.29, 0.717) is 35.2 Å². The Labute approximate surface area is 245 Å². The number of anilines is 1. The fraction of sp³-hybridized carbons (Fsp3) is 0.448. The van der Waals surface area contributed by atoms with E-state index in [0.717, 1.165) is 49.1 Å². The van der Waals surface area contributed by atoms with Crippen LogP contribution in [0.4, 0.5) is 11.5 Å². The second-order valence-electron chi connectivity index (χ2n) is 10.6. The molecular formula is C29H33N9O3S. The first-order valence-electron chi connectivity index (χ1n) is 14.0. The number of nitrogens with one attached hydrogen (secondary N) is 1. The third kappa shape index (κ3) is 6.13. The number of aldehydes is 1. The molecule has 0 amide bonds. The minimum atomic E-state index is -3.36. The monoisotopic (exact) mass is 587 g/mol. The Morgan fingerprint density at radius 3 is 2.64 bits per heavy atom. The van der Waals surface area contributed by atoms with Crippen LogP contribution in [-0.2, 0) is 21.2 Å². The van der Waals surface area contributed by atoms with Gasteiger partial charge in [0.1, 0.15) is 12.0 Å². The molecule has 3 aromatic rings. The maximum absolute atomic E-state index is 12.1. The second-order valence-corrected chi connectivity index (χ2v) is 12.9. The van der Waals surface area contributed by atoms with Gasteiger partial charge in [0.05, 0.1) is 58.0 Å². The Balaban J connectivity index is 1.48. The summed E-state index contributed by atoms with van der Waals surface area (Å²) in [5.74, 6) is 1.22. The van der Waals surface area contributed by atoms with Gasteiger partial charge in [0, 0.05) is 25.2 Å². The van der Waals surface area contributed by atoms with Gasteiger partial charge >= 0.3 is 0 Å². The van der Waals surface area contributed by atoms with E-state index in [1.54, 1.807) is 25.5 Å². The van der Waals surface area contributed by atoms with Crippen LogP contribution in [0.25, 0.3) is 11.4 Å². The van der Waals surface area contributed by atoms with Crippen LogP contribution in [0.1, 0.15) is 62.0 Å². The summed E-state index contributed by atoms with van der Waals surface area (Å²) in [4.78, 5) is 41.5. The number of pyridine rings is 1. The molecule has 0 radical (unpaired) electrons. The SMILES string of the molecule is CCS(=O)(=O)c1ccc(CN/C(C=O)=N/c2cnc(-c3c(C)ncnc3C3CC3)nc2N(C)[C@H]2CCC[C@H]2C#N)nc1. The molecule has 13 heteroatoms. The van der Waals surface area contributed by atoms with Crippen LogP contribution in [0.5, 0.6) is 0 Å². The fourth-order valence-corrected chi connectivity index (χ4v) is 6.08. The van der Waals surface area contributed by atoms with Crippen LogP contribution >= 0.6 is 0 Å². The van der Waals surface area contributed by atoms with Crippen molar-refractivity contribution in [1.29, 1.82) is 5.26 Å². The van der Waals surface area contributed by atoms with Gasteiger partial charge in [-0.25, -0.2) is 33.3 Å². The molecule has 218 valence electrons. The van der Waals surface area contributed by atoms with Crippen LogP contribution in [0, 0.1) is 24.2 Å². The van der Waals surface area contributed by atoms with Crippen LogP contribution in [0.3, 0.4) is 0 Å². The van der Waals surface area contributed by atoms with E-state index in [2.05, 4.69) is 36.3 Å². The molecule has 2 atom stereocenters. The molecule has 2 aliphatic carbocycles. The number of nitrogens with zero attached hydrogens (tertiary/aromatic N) is 8. The molecule has 42 heavy (non-hydrogen) atoms. The zero-order valence-corrected chi connectivity index (χ0v) is 24.7. The summed E-state index contributed by atoms with van der Waals surface area (Å²) in [7, 11) is -1.46. The van der Waals surface area contributed by atoms with Crippen LogP contribution in [0.15, 0.2) is 40.7 Å². The molecule has 2 saturated carbocycles. The van der Waals surface area contributed by atoms with Crippen LogP contribution in [-0.4, -0.2) is 64.3 Å². The number of rotatable bonds is 10. The summed E-state index contributed by atoms with van der Waals surface area (Å²) in [5.41, 5.74) is 3.44. The number of hydrogen-bond acceptors (Lipinski definition) is 11.